The van der Waals surface area contributed by atoms with E-state index in [9.17, 15) is 19.1 Å². The van der Waals surface area contributed by atoms with Gasteiger partial charge in [0, 0.05) is 23.0 Å². The molecule has 1 saturated heterocycles. The molecule has 1 fully saturated rings. The molecule has 1 heterocycles. The molecule has 2 rings (SSSR count). The molecule has 1 aromatic rings. The lowest BCUT2D eigenvalue weighted by Gasteiger charge is -2.26. The molecular weight excluding hydrogens is 317 g/mol. The summed E-state index contributed by atoms with van der Waals surface area (Å²) in [7, 11) is 0. The second-order valence-electron chi connectivity index (χ2n) is 4.44. The highest BCUT2D eigenvalue weighted by Gasteiger charge is 2.44. The zero-order valence-corrected chi connectivity index (χ0v) is 11.9. The minimum atomic E-state index is -1.07. The van der Waals surface area contributed by atoms with Crippen LogP contribution in [0.3, 0.4) is 0 Å². The van der Waals surface area contributed by atoms with Crippen molar-refractivity contribution in [2.75, 3.05) is 6.54 Å². The molecule has 1 amide bonds. The maximum atomic E-state index is 14.0. The fourth-order valence-electron chi connectivity index (χ4n) is 2.51. The van der Waals surface area contributed by atoms with Gasteiger partial charge in [-0.1, -0.05) is 22.0 Å². The van der Waals surface area contributed by atoms with Crippen molar-refractivity contribution < 1.29 is 19.1 Å². The van der Waals surface area contributed by atoms with Gasteiger partial charge in [0.15, 0.2) is 0 Å². The van der Waals surface area contributed by atoms with Crippen molar-refractivity contribution in [3.05, 3.63) is 34.1 Å². The average Bonchev–Trinajstić information content (AvgIpc) is 2.66. The Morgan fingerprint density at radius 1 is 1.58 bits per heavy atom. The lowest BCUT2D eigenvalue weighted by Crippen LogP contribution is -2.31. The summed E-state index contributed by atoms with van der Waals surface area (Å²) in [6.45, 7) is 2.12. The van der Waals surface area contributed by atoms with Crippen molar-refractivity contribution in [2.45, 2.75) is 19.4 Å². The van der Waals surface area contributed by atoms with Gasteiger partial charge < -0.3 is 10.0 Å². The second-order valence-corrected chi connectivity index (χ2v) is 5.35. The first-order chi connectivity index (χ1) is 8.95. The highest BCUT2D eigenvalue weighted by atomic mass is 79.9. The van der Waals surface area contributed by atoms with Crippen LogP contribution in [0, 0.1) is 11.7 Å². The number of rotatable bonds is 3. The van der Waals surface area contributed by atoms with Crippen molar-refractivity contribution in [3.63, 3.8) is 0 Å². The van der Waals surface area contributed by atoms with Crippen LogP contribution in [-0.4, -0.2) is 28.4 Å². The Kier molecular flexibility index (Phi) is 3.89. The number of aliphatic carboxylic acids is 1. The number of benzene rings is 1. The molecule has 0 spiro atoms. The van der Waals surface area contributed by atoms with E-state index in [2.05, 4.69) is 15.9 Å². The molecule has 0 aromatic heterocycles. The van der Waals surface area contributed by atoms with E-state index < -0.39 is 23.7 Å². The van der Waals surface area contributed by atoms with Crippen LogP contribution < -0.4 is 0 Å². The highest BCUT2D eigenvalue weighted by molar-refractivity contribution is 9.10. The first kappa shape index (κ1) is 14.0. The van der Waals surface area contributed by atoms with Crippen molar-refractivity contribution in [1.29, 1.82) is 0 Å². The Hall–Kier alpha value is -1.43. The number of carboxylic acids is 1. The summed E-state index contributed by atoms with van der Waals surface area (Å²) < 4.78 is 14.6. The monoisotopic (exact) mass is 329 g/mol. The Balaban J connectivity index is 2.48. The van der Waals surface area contributed by atoms with Gasteiger partial charge in [0.25, 0.3) is 0 Å². The molecule has 2 atom stereocenters. The van der Waals surface area contributed by atoms with Crippen LogP contribution in [0.4, 0.5) is 4.39 Å². The summed E-state index contributed by atoms with van der Waals surface area (Å²) in [6.07, 6.45) is -0.0800. The van der Waals surface area contributed by atoms with E-state index in [1.54, 1.807) is 13.0 Å². The fraction of sp³-hybridized carbons (Fsp3) is 0.385. The Morgan fingerprint density at radius 3 is 2.79 bits per heavy atom. The van der Waals surface area contributed by atoms with Gasteiger partial charge in [-0.25, -0.2) is 4.39 Å². The number of hydrogen-bond acceptors (Lipinski definition) is 2. The number of nitrogens with zero attached hydrogens (tertiary/aromatic N) is 1. The largest absolute Gasteiger partial charge is 0.481 e. The summed E-state index contributed by atoms with van der Waals surface area (Å²) in [5, 5.41) is 9.21. The number of amides is 1. The molecule has 0 aliphatic carbocycles. The molecule has 1 aromatic carbocycles. The number of carbonyl (C=O) groups is 2. The van der Waals surface area contributed by atoms with Gasteiger partial charge in [0.2, 0.25) is 5.91 Å². The average molecular weight is 330 g/mol. The predicted molar refractivity (Wildman–Crippen MR) is 70.0 cm³/mol. The van der Waals surface area contributed by atoms with Crippen molar-refractivity contribution in [2.24, 2.45) is 5.92 Å². The van der Waals surface area contributed by atoms with Gasteiger partial charge >= 0.3 is 5.97 Å². The molecule has 0 radical (unpaired) electrons. The fourth-order valence-corrected chi connectivity index (χ4v) is 2.84. The smallest absolute Gasteiger partial charge is 0.309 e. The molecule has 19 heavy (non-hydrogen) atoms. The van der Waals surface area contributed by atoms with E-state index in [0.29, 0.717) is 11.0 Å². The quantitative estimate of drug-likeness (QED) is 0.927. The van der Waals surface area contributed by atoms with Crippen LogP contribution in [0.2, 0.25) is 0 Å². The van der Waals surface area contributed by atoms with Crippen molar-refractivity contribution in [1.82, 2.24) is 4.90 Å². The summed E-state index contributed by atoms with van der Waals surface area (Å²) in [6, 6.07) is 3.73. The van der Waals surface area contributed by atoms with Crippen LogP contribution in [0.15, 0.2) is 22.7 Å². The molecular formula is C13H13BrFNO3. The molecule has 1 N–H and O–H groups in total. The first-order valence-electron chi connectivity index (χ1n) is 5.93. The number of hydrogen-bond donors (Lipinski definition) is 1. The van der Waals surface area contributed by atoms with E-state index in [4.69, 9.17) is 0 Å². The standard InChI is InChI=1S/C13H13BrFNO3/c1-2-16-11(17)6-9(13(18)19)12(16)8-4-3-7(14)5-10(8)15/h3-5,9,12H,2,6H2,1H3,(H,18,19). The molecule has 1 aliphatic heterocycles. The van der Waals surface area contributed by atoms with Crippen molar-refractivity contribution >= 4 is 27.8 Å². The topological polar surface area (TPSA) is 57.6 Å². The third-order valence-electron chi connectivity index (χ3n) is 3.37. The molecule has 0 bridgehead atoms. The van der Waals surface area contributed by atoms with Gasteiger partial charge in [-0.3, -0.25) is 9.59 Å². The second kappa shape index (κ2) is 5.28. The lowest BCUT2D eigenvalue weighted by molar-refractivity contribution is -0.142. The van der Waals surface area contributed by atoms with E-state index in [-0.39, 0.29) is 17.9 Å². The molecule has 2 unspecified atom stereocenters. The lowest BCUT2D eigenvalue weighted by atomic mass is 9.93. The van der Waals surface area contributed by atoms with E-state index in [1.807, 2.05) is 0 Å². The Labute approximate surface area is 118 Å². The third kappa shape index (κ3) is 2.49. The summed E-state index contributed by atoms with van der Waals surface area (Å²) in [5.41, 5.74) is 0.253. The zero-order valence-electron chi connectivity index (χ0n) is 10.3. The van der Waals surface area contributed by atoms with Crippen LogP contribution in [-0.2, 0) is 9.59 Å². The number of halogens is 2. The summed E-state index contributed by atoms with van der Waals surface area (Å²) >= 11 is 3.16. The molecule has 0 saturated carbocycles. The van der Waals surface area contributed by atoms with Crippen LogP contribution in [0.5, 0.6) is 0 Å². The minimum Gasteiger partial charge on any atom is -0.481 e. The SMILES string of the molecule is CCN1C(=O)CC(C(=O)O)C1c1ccc(Br)cc1F. The predicted octanol–water partition coefficient (Wildman–Crippen LogP) is 2.58. The van der Waals surface area contributed by atoms with Gasteiger partial charge in [-0.15, -0.1) is 0 Å². The minimum absolute atomic E-state index is 0.0800. The van der Waals surface area contributed by atoms with Gasteiger partial charge in [-0.05, 0) is 19.1 Å². The molecule has 102 valence electrons. The van der Waals surface area contributed by atoms with E-state index in [1.165, 1.54) is 17.0 Å². The number of carboxylic acid groups (broad SMARTS) is 1. The maximum absolute atomic E-state index is 14.0. The van der Waals surface area contributed by atoms with Gasteiger partial charge in [0.1, 0.15) is 5.82 Å². The third-order valence-corrected chi connectivity index (χ3v) is 3.86. The molecule has 1 aliphatic rings. The Bertz CT molecular complexity index is 535. The van der Waals surface area contributed by atoms with Gasteiger partial charge in [-0.2, -0.15) is 0 Å². The summed E-state index contributed by atoms with van der Waals surface area (Å²) in [4.78, 5) is 24.5. The maximum Gasteiger partial charge on any atom is 0.309 e. The number of likely N-dealkylation sites (tertiary alicyclic amines) is 1. The van der Waals surface area contributed by atoms with Crippen LogP contribution >= 0.6 is 15.9 Å². The van der Waals surface area contributed by atoms with E-state index in [0.717, 1.165) is 0 Å². The highest BCUT2D eigenvalue weighted by Crippen LogP contribution is 2.39. The first-order valence-corrected chi connectivity index (χ1v) is 6.72. The van der Waals surface area contributed by atoms with Gasteiger partial charge in [0.05, 0.1) is 12.0 Å². The number of carbonyl (C=O) groups excluding carboxylic acids is 1. The van der Waals surface area contributed by atoms with Crippen LogP contribution in [0.25, 0.3) is 0 Å². The van der Waals surface area contributed by atoms with Crippen LogP contribution in [0.1, 0.15) is 24.9 Å². The normalized spacial score (nSPS) is 22.9. The summed E-state index contributed by atoms with van der Waals surface area (Å²) in [5.74, 6) is -2.72. The zero-order chi connectivity index (χ0) is 14.2. The molecule has 4 nitrogen and oxygen atoms in total. The van der Waals surface area contributed by atoms with Crippen molar-refractivity contribution in [3.8, 4) is 0 Å². The van der Waals surface area contributed by atoms with E-state index >= 15 is 0 Å². The Morgan fingerprint density at radius 2 is 2.26 bits per heavy atom. The molecule has 6 heteroatoms.